The maximum absolute atomic E-state index is 11.0. The lowest BCUT2D eigenvalue weighted by Crippen LogP contribution is -2.38. The highest BCUT2D eigenvalue weighted by Crippen LogP contribution is 2.13. The number of aromatic nitrogens is 1. The molecule has 0 aromatic carbocycles. The fourth-order valence-corrected chi connectivity index (χ4v) is 1.64. The third-order valence-corrected chi connectivity index (χ3v) is 2.50. The molecule has 4 N–H and O–H groups in total. The summed E-state index contributed by atoms with van der Waals surface area (Å²) in [5, 5.41) is 24.4. The molecule has 0 amide bonds. The van der Waals surface area contributed by atoms with E-state index < -0.39 is 18.0 Å². The van der Waals surface area contributed by atoms with Gasteiger partial charge in [-0.15, -0.1) is 0 Å². The zero-order valence-electron chi connectivity index (χ0n) is 12.6. The molecule has 7 nitrogen and oxygen atoms in total. The minimum absolute atomic E-state index is 0.189. The van der Waals surface area contributed by atoms with E-state index in [2.05, 4.69) is 15.6 Å². The van der Waals surface area contributed by atoms with Crippen molar-refractivity contribution in [1.82, 2.24) is 10.3 Å². The van der Waals surface area contributed by atoms with Crippen LogP contribution in [-0.2, 0) is 4.74 Å². The smallest absolute Gasteiger partial charge is 0.337 e. The first-order valence-corrected chi connectivity index (χ1v) is 6.80. The zero-order valence-corrected chi connectivity index (χ0v) is 12.6. The Kier molecular flexibility index (Phi) is 6.54. The van der Waals surface area contributed by atoms with E-state index in [1.54, 1.807) is 0 Å². The molecule has 0 spiro atoms. The average Bonchev–Trinajstić information content (AvgIpc) is 2.36. The Balaban J connectivity index is 2.28. The number of ether oxygens (including phenoxy) is 1. The van der Waals surface area contributed by atoms with Crippen LogP contribution >= 0.6 is 0 Å². The standard InChI is InChI=1S/C14H23N3O4/c1-14(2,3)21-13(20)17-7-4-6-16-11-9-15-8-5-10(11)12(18)19/h5,8-9,13,16-17,20H,4,6-7H2,1-3H3,(H,18,19). The van der Waals surface area contributed by atoms with Crippen LogP contribution in [0.4, 0.5) is 5.69 Å². The highest BCUT2D eigenvalue weighted by Gasteiger charge is 2.15. The predicted molar refractivity (Wildman–Crippen MR) is 79.2 cm³/mol. The second-order valence-corrected chi connectivity index (χ2v) is 5.54. The van der Waals surface area contributed by atoms with Gasteiger partial charge in [0.1, 0.15) is 0 Å². The van der Waals surface area contributed by atoms with Gasteiger partial charge in [-0.3, -0.25) is 10.3 Å². The normalized spacial score (nSPS) is 13.0. The largest absolute Gasteiger partial charge is 0.478 e. The minimum Gasteiger partial charge on any atom is -0.478 e. The number of aliphatic hydroxyl groups excluding tert-OH is 1. The Labute approximate surface area is 124 Å². The summed E-state index contributed by atoms with van der Waals surface area (Å²) in [7, 11) is 0. The van der Waals surface area contributed by atoms with Crippen molar-refractivity contribution < 1.29 is 19.7 Å². The number of hydrogen-bond acceptors (Lipinski definition) is 6. The van der Waals surface area contributed by atoms with Crippen LogP contribution < -0.4 is 10.6 Å². The van der Waals surface area contributed by atoms with Crippen molar-refractivity contribution >= 4 is 11.7 Å². The molecule has 0 bridgehead atoms. The van der Waals surface area contributed by atoms with Gasteiger partial charge in [-0.05, 0) is 33.3 Å². The molecule has 1 unspecified atom stereocenters. The van der Waals surface area contributed by atoms with Crippen molar-refractivity contribution in [1.29, 1.82) is 0 Å². The van der Waals surface area contributed by atoms with Crippen molar-refractivity contribution in [2.24, 2.45) is 0 Å². The van der Waals surface area contributed by atoms with Gasteiger partial charge in [0, 0.05) is 19.3 Å². The molecule has 0 saturated carbocycles. The molecule has 0 saturated heterocycles. The molecule has 1 heterocycles. The van der Waals surface area contributed by atoms with Crippen LogP contribution in [0.5, 0.6) is 0 Å². The first kappa shape index (κ1) is 17.4. The van der Waals surface area contributed by atoms with Gasteiger partial charge in [-0.25, -0.2) is 4.79 Å². The number of anilines is 1. The third kappa shape index (κ3) is 7.03. The summed E-state index contributed by atoms with van der Waals surface area (Å²) >= 11 is 0. The number of aromatic carboxylic acids is 1. The van der Waals surface area contributed by atoms with Gasteiger partial charge in [0.05, 0.1) is 23.0 Å². The van der Waals surface area contributed by atoms with Crippen LogP contribution in [0.3, 0.4) is 0 Å². The molecular weight excluding hydrogens is 274 g/mol. The quantitative estimate of drug-likeness (QED) is 0.423. The lowest BCUT2D eigenvalue weighted by Gasteiger charge is -2.24. The molecule has 21 heavy (non-hydrogen) atoms. The minimum atomic E-state index is -1.02. The molecule has 1 aromatic rings. The summed E-state index contributed by atoms with van der Waals surface area (Å²) in [4.78, 5) is 14.9. The first-order chi connectivity index (χ1) is 9.79. The van der Waals surface area contributed by atoms with Crippen molar-refractivity contribution in [2.45, 2.75) is 39.2 Å². The van der Waals surface area contributed by atoms with Gasteiger partial charge in [-0.1, -0.05) is 0 Å². The Hall–Kier alpha value is -1.70. The predicted octanol–water partition coefficient (Wildman–Crippen LogP) is 1.26. The Morgan fingerprint density at radius 3 is 2.76 bits per heavy atom. The SMILES string of the molecule is CC(C)(C)OC(O)NCCCNc1cnccc1C(=O)O. The summed E-state index contributed by atoms with van der Waals surface area (Å²) in [6.07, 6.45) is 2.60. The number of nitrogens with zero attached hydrogens (tertiary/aromatic N) is 1. The van der Waals surface area contributed by atoms with Gasteiger partial charge in [0.2, 0.25) is 6.41 Å². The van der Waals surface area contributed by atoms with Crippen molar-refractivity contribution in [3.63, 3.8) is 0 Å². The summed E-state index contributed by atoms with van der Waals surface area (Å²) in [6, 6.07) is 1.45. The van der Waals surface area contributed by atoms with Crippen LogP contribution in [0, 0.1) is 0 Å². The highest BCUT2D eigenvalue weighted by atomic mass is 16.6. The number of carboxylic acids is 1. The third-order valence-electron chi connectivity index (χ3n) is 2.50. The van der Waals surface area contributed by atoms with E-state index in [-0.39, 0.29) is 5.56 Å². The number of carboxylic acid groups (broad SMARTS) is 1. The van der Waals surface area contributed by atoms with Crippen LogP contribution in [0.1, 0.15) is 37.6 Å². The molecule has 118 valence electrons. The van der Waals surface area contributed by atoms with E-state index in [1.165, 1.54) is 18.5 Å². The van der Waals surface area contributed by atoms with E-state index in [4.69, 9.17) is 9.84 Å². The first-order valence-electron chi connectivity index (χ1n) is 6.80. The molecule has 0 aliphatic rings. The number of rotatable bonds is 8. The fourth-order valence-electron chi connectivity index (χ4n) is 1.64. The molecule has 0 radical (unpaired) electrons. The number of hydrogen-bond donors (Lipinski definition) is 4. The van der Waals surface area contributed by atoms with Gasteiger partial charge in [0.25, 0.3) is 0 Å². The topological polar surface area (TPSA) is 104 Å². The fraction of sp³-hybridized carbons (Fsp3) is 0.571. The molecule has 7 heteroatoms. The van der Waals surface area contributed by atoms with Crippen LogP contribution in [0.15, 0.2) is 18.5 Å². The summed E-state index contributed by atoms with van der Waals surface area (Å²) in [5.74, 6) is -0.993. The summed E-state index contributed by atoms with van der Waals surface area (Å²) in [6.45, 7) is 6.66. The Bertz CT molecular complexity index is 460. The number of pyridine rings is 1. The van der Waals surface area contributed by atoms with Crippen molar-refractivity contribution in [2.75, 3.05) is 18.4 Å². The maximum atomic E-state index is 11.0. The maximum Gasteiger partial charge on any atom is 0.337 e. The summed E-state index contributed by atoms with van der Waals surface area (Å²) < 4.78 is 5.29. The lowest BCUT2D eigenvalue weighted by molar-refractivity contribution is -0.181. The van der Waals surface area contributed by atoms with Gasteiger partial charge >= 0.3 is 5.97 Å². The second-order valence-electron chi connectivity index (χ2n) is 5.54. The monoisotopic (exact) mass is 297 g/mol. The average molecular weight is 297 g/mol. The van der Waals surface area contributed by atoms with E-state index in [9.17, 15) is 9.90 Å². The van der Waals surface area contributed by atoms with Crippen LogP contribution in [-0.4, -0.2) is 46.3 Å². The van der Waals surface area contributed by atoms with Crippen molar-refractivity contribution in [3.05, 3.63) is 24.0 Å². The van der Waals surface area contributed by atoms with E-state index >= 15 is 0 Å². The Morgan fingerprint density at radius 1 is 1.43 bits per heavy atom. The molecule has 0 aliphatic carbocycles. The Morgan fingerprint density at radius 2 is 2.14 bits per heavy atom. The molecule has 1 aromatic heterocycles. The molecule has 0 fully saturated rings. The molecule has 1 rings (SSSR count). The number of carbonyl (C=O) groups is 1. The second kappa shape index (κ2) is 7.92. The number of aliphatic hydroxyl groups is 1. The highest BCUT2D eigenvalue weighted by molar-refractivity contribution is 5.93. The van der Waals surface area contributed by atoms with E-state index in [1.807, 2.05) is 20.8 Å². The van der Waals surface area contributed by atoms with E-state index in [0.29, 0.717) is 25.2 Å². The molecular formula is C14H23N3O4. The van der Waals surface area contributed by atoms with Gasteiger partial charge < -0.3 is 20.3 Å². The lowest BCUT2D eigenvalue weighted by atomic mass is 10.2. The van der Waals surface area contributed by atoms with Gasteiger partial charge in [0.15, 0.2) is 0 Å². The molecule has 0 aliphatic heterocycles. The summed E-state index contributed by atoms with van der Waals surface area (Å²) in [5.41, 5.74) is 0.252. The van der Waals surface area contributed by atoms with Gasteiger partial charge in [-0.2, -0.15) is 0 Å². The zero-order chi connectivity index (χ0) is 15.9. The van der Waals surface area contributed by atoms with Crippen LogP contribution in [0.25, 0.3) is 0 Å². The molecule has 1 atom stereocenters. The van der Waals surface area contributed by atoms with Crippen LogP contribution in [0.2, 0.25) is 0 Å². The number of nitrogens with one attached hydrogen (secondary N) is 2. The van der Waals surface area contributed by atoms with E-state index in [0.717, 1.165) is 0 Å². The van der Waals surface area contributed by atoms with Crippen molar-refractivity contribution in [3.8, 4) is 0 Å².